The molecule has 1 aliphatic carbocycles. The predicted octanol–water partition coefficient (Wildman–Crippen LogP) is 3.83. The number of rotatable bonds is 3. The van der Waals surface area contributed by atoms with E-state index in [4.69, 9.17) is 0 Å². The third kappa shape index (κ3) is 2.94. The van der Waals surface area contributed by atoms with Gasteiger partial charge in [-0.25, -0.2) is 0 Å². The quantitative estimate of drug-likeness (QED) is 0.884. The number of carbonyl (C=O) groups is 1. The maximum Gasteiger partial charge on any atom is 0.224 e. The smallest absolute Gasteiger partial charge is 0.224 e. The summed E-state index contributed by atoms with van der Waals surface area (Å²) in [6.07, 6.45) is 3.60. The van der Waals surface area contributed by atoms with Crippen molar-refractivity contribution in [3.05, 3.63) is 22.4 Å². The van der Waals surface area contributed by atoms with Gasteiger partial charge in [-0.05, 0) is 35.6 Å². The van der Waals surface area contributed by atoms with Crippen LogP contribution in [0.15, 0.2) is 17.5 Å². The van der Waals surface area contributed by atoms with E-state index in [-0.39, 0.29) is 17.2 Å². The van der Waals surface area contributed by atoms with Gasteiger partial charge in [0.15, 0.2) is 0 Å². The van der Waals surface area contributed by atoms with Crippen LogP contribution in [0.4, 0.5) is 0 Å². The van der Waals surface area contributed by atoms with Gasteiger partial charge in [-0.3, -0.25) is 4.79 Å². The average molecular weight is 265 g/mol. The molecule has 1 aromatic heterocycles. The van der Waals surface area contributed by atoms with Gasteiger partial charge in [-0.1, -0.05) is 33.3 Å². The minimum Gasteiger partial charge on any atom is -0.351 e. The molecule has 1 fully saturated rings. The maximum absolute atomic E-state index is 12.4. The molecule has 1 saturated carbocycles. The molecule has 1 aliphatic rings. The second-order valence-electron chi connectivity index (χ2n) is 6.13. The Morgan fingerprint density at radius 3 is 2.94 bits per heavy atom. The Kier molecular flexibility index (Phi) is 4.10. The Hall–Kier alpha value is -0.830. The van der Waals surface area contributed by atoms with Crippen LogP contribution in [-0.4, -0.2) is 5.91 Å². The highest BCUT2D eigenvalue weighted by molar-refractivity contribution is 7.09. The van der Waals surface area contributed by atoms with Crippen LogP contribution in [0.25, 0.3) is 0 Å². The van der Waals surface area contributed by atoms with Crippen LogP contribution in [0.1, 0.15) is 44.9 Å². The Labute approximate surface area is 114 Å². The van der Waals surface area contributed by atoms with E-state index in [0.717, 1.165) is 6.42 Å². The molecule has 0 bridgehead atoms. The highest BCUT2D eigenvalue weighted by Gasteiger charge is 2.41. The maximum atomic E-state index is 12.4. The first-order chi connectivity index (χ1) is 8.50. The van der Waals surface area contributed by atoms with Crippen LogP contribution in [0.3, 0.4) is 0 Å². The normalized spacial score (nSPS) is 26.8. The van der Waals surface area contributed by atoms with Gasteiger partial charge in [-0.15, -0.1) is 11.3 Å². The summed E-state index contributed by atoms with van der Waals surface area (Å²) in [5, 5.41) is 5.16. The third-order valence-electron chi connectivity index (χ3n) is 4.19. The van der Waals surface area contributed by atoms with Crippen LogP contribution < -0.4 is 5.32 Å². The largest absolute Gasteiger partial charge is 0.351 e. The summed E-state index contributed by atoms with van der Waals surface area (Å²) in [5.41, 5.74) is 0.136. The molecule has 0 saturated heterocycles. The van der Waals surface area contributed by atoms with E-state index < -0.39 is 0 Å². The van der Waals surface area contributed by atoms with Crippen molar-refractivity contribution in [1.82, 2.24) is 5.32 Å². The van der Waals surface area contributed by atoms with Crippen molar-refractivity contribution >= 4 is 17.2 Å². The summed E-state index contributed by atoms with van der Waals surface area (Å²) in [7, 11) is 0. The van der Waals surface area contributed by atoms with E-state index in [1.807, 2.05) is 6.07 Å². The molecule has 0 spiro atoms. The summed E-state index contributed by atoms with van der Waals surface area (Å²) in [6, 6.07) is 4.10. The molecular weight excluding hydrogens is 242 g/mol. The monoisotopic (exact) mass is 265 g/mol. The molecule has 0 radical (unpaired) electrons. The van der Waals surface area contributed by atoms with E-state index >= 15 is 0 Å². The second kappa shape index (κ2) is 5.43. The zero-order chi connectivity index (χ0) is 13.2. The molecule has 0 aliphatic heterocycles. The van der Waals surface area contributed by atoms with Gasteiger partial charge in [0.2, 0.25) is 5.91 Å². The van der Waals surface area contributed by atoms with Gasteiger partial charge in [0.1, 0.15) is 0 Å². The lowest BCUT2D eigenvalue weighted by atomic mass is 9.64. The number of thiophene rings is 1. The molecule has 2 rings (SSSR count). The number of carbonyl (C=O) groups excluding carboxylic acids is 1. The first kappa shape index (κ1) is 13.6. The Bertz CT molecular complexity index is 397. The number of amides is 1. The van der Waals surface area contributed by atoms with Gasteiger partial charge >= 0.3 is 0 Å². The van der Waals surface area contributed by atoms with E-state index in [0.29, 0.717) is 12.5 Å². The van der Waals surface area contributed by atoms with Gasteiger partial charge < -0.3 is 5.32 Å². The summed E-state index contributed by atoms with van der Waals surface area (Å²) in [5.74, 6) is 0.892. The third-order valence-corrected chi connectivity index (χ3v) is 5.07. The molecule has 1 N–H and O–H groups in total. The van der Waals surface area contributed by atoms with E-state index in [1.54, 1.807) is 11.3 Å². The Morgan fingerprint density at radius 2 is 2.33 bits per heavy atom. The van der Waals surface area contributed by atoms with Crippen LogP contribution in [0.5, 0.6) is 0 Å². The number of hydrogen-bond acceptors (Lipinski definition) is 2. The lowest BCUT2D eigenvalue weighted by molar-refractivity contribution is -0.133. The Morgan fingerprint density at radius 1 is 1.56 bits per heavy atom. The molecule has 1 heterocycles. The summed E-state index contributed by atoms with van der Waals surface area (Å²) >= 11 is 1.70. The molecule has 1 aromatic rings. The highest BCUT2D eigenvalue weighted by atomic mass is 32.1. The minimum absolute atomic E-state index is 0.136. The summed E-state index contributed by atoms with van der Waals surface area (Å²) in [6.45, 7) is 7.36. The molecule has 1 amide bonds. The van der Waals surface area contributed by atoms with Crippen molar-refractivity contribution in [3.8, 4) is 0 Å². The van der Waals surface area contributed by atoms with Gasteiger partial charge in [0.05, 0.1) is 6.54 Å². The van der Waals surface area contributed by atoms with Gasteiger partial charge in [0.25, 0.3) is 0 Å². The lowest BCUT2D eigenvalue weighted by Crippen LogP contribution is -2.44. The zero-order valence-electron chi connectivity index (χ0n) is 11.5. The van der Waals surface area contributed by atoms with Crippen molar-refractivity contribution in [2.24, 2.45) is 17.3 Å². The van der Waals surface area contributed by atoms with Crippen molar-refractivity contribution in [2.45, 2.75) is 46.6 Å². The molecule has 0 aromatic carbocycles. The highest BCUT2D eigenvalue weighted by Crippen LogP contribution is 2.43. The van der Waals surface area contributed by atoms with Gasteiger partial charge in [0, 0.05) is 10.8 Å². The number of nitrogens with one attached hydrogen (secondary N) is 1. The molecule has 18 heavy (non-hydrogen) atoms. The zero-order valence-corrected chi connectivity index (χ0v) is 12.3. The van der Waals surface area contributed by atoms with Crippen molar-refractivity contribution in [3.63, 3.8) is 0 Å². The molecule has 3 heteroatoms. The van der Waals surface area contributed by atoms with Crippen LogP contribution >= 0.6 is 11.3 Å². The molecular formula is C15H23NOS. The van der Waals surface area contributed by atoms with Crippen molar-refractivity contribution in [1.29, 1.82) is 0 Å². The molecule has 100 valence electrons. The lowest BCUT2D eigenvalue weighted by Gasteiger charge is -2.41. The average Bonchev–Trinajstić information content (AvgIpc) is 2.77. The first-order valence-corrected chi connectivity index (χ1v) is 7.69. The van der Waals surface area contributed by atoms with Gasteiger partial charge in [-0.2, -0.15) is 0 Å². The van der Waals surface area contributed by atoms with Crippen LogP contribution in [-0.2, 0) is 11.3 Å². The summed E-state index contributed by atoms with van der Waals surface area (Å²) < 4.78 is 0. The summed E-state index contributed by atoms with van der Waals surface area (Å²) in [4.78, 5) is 13.6. The standard InChI is InChI=1S/C15H23NOS/c1-11-6-4-8-15(2,3)13(11)14(17)16-10-12-7-5-9-18-12/h5,7,9,11,13H,4,6,8,10H2,1-3H3,(H,16,17)/t11?,13-/m1/s1. The topological polar surface area (TPSA) is 29.1 Å². The second-order valence-corrected chi connectivity index (χ2v) is 7.17. The minimum atomic E-state index is 0.136. The van der Waals surface area contributed by atoms with E-state index in [9.17, 15) is 4.79 Å². The van der Waals surface area contributed by atoms with Crippen molar-refractivity contribution in [2.75, 3.05) is 0 Å². The Balaban J connectivity index is 1.98. The SMILES string of the molecule is CC1CCCC(C)(C)[C@H]1C(=O)NCc1cccs1. The van der Waals surface area contributed by atoms with Crippen LogP contribution in [0, 0.1) is 17.3 Å². The van der Waals surface area contributed by atoms with E-state index in [2.05, 4.69) is 37.5 Å². The van der Waals surface area contributed by atoms with Crippen molar-refractivity contribution < 1.29 is 4.79 Å². The number of hydrogen-bond donors (Lipinski definition) is 1. The fourth-order valence-corrected chi connectivity index (χ4v) is 3.93. The van der Waals surface area contributed by atoms with Crippen LogP contribution in [0.2, 0.25) is 0 Å². The molecule has 1 unspecified atom stereocenters. The van der Waals surface area contributed by atoms with E-state index in [1.165, 1.54) is 17.7 Å². The molecule has 2 atom stereocenters. The molecule has 2 nitrogen and oxygen atoms in total. The fourth-order valence-electron chi connectivity index (χ4n) is 3.28. The first-order valence-electron chi connectivity index (χ1n) is 6.81. The predicted molar refractivity (Wildman–Crippen MR) is 76.5 cm³/mol. The fraction of sp³-hybridized carbons (Fsp3) is 0.667.